The number of alkyl halides is 3. The third kappa shape index (κ3) is 4.01. The molecule has 0 bridgehead atoms. The van der Waals surface area contributed by atoms with E-state index in [0.717, 1.165) is 28.1 Å². The zero-order valence-electron chi connectivity index (χ0n) is 20.6. The summed E-state index contributed by atoms with van der Waals surface area (Å²) in [6.07, 6.45) is -3.62. The van der Waals surface area contributed by atoms with E-state index in [0.29, 0.717) is 22.2 Å². The van der Waals surface area contributed by atoms with Gasteiger partial charge in [0.1, 0.15) is 11.3 Å². The van der Waals surface area contributed by atoms with Gasteiger partial charge in [-0.3, -0.25) is 4.98 Å². The van der Waals surface area contributed by atoms with Crippen LogP contribution in [0.2, 0.25) is 19.6 Å². The highest BCUT2D eigenvalue weighted by atomic mass is 28.3. The average molecular weight is 512 g/mol. The van der Waals surface area contributed by atoms with Crippen molar-refractivity contribution in [3.63, 3.8) is 0 Å². The topological polar surface area (TPSA) is 26.0 Å². The molecular weight excluding hydrogens is 487 g/mol. The molecule has 0 aliphatic heterocycles. The van der Waals surface area contributed by atoms with Crippen LogP contribution in [0.25, 0.3) is 55.1 Å². The summed E-state index contributed by atoms with van der Waals surface area (Å²) >= 11 is 0. The summed E-state index contributed by atoms with van der Waals surface area (Å²) < 4.78 is 48.0. The number of aromatic nitrogens is 1. The highest BCUT2D eigenvalue weighted by Crippen LogP contribution is 2.43. The Morgan fingerprint density at radius 3 is 2.14 bits per heavy atom. The molecule has 0 unspecified atom stereocenters. The monoisotopic (exact) mass is 511 g/mol. The number of rotatable bonds is 3. The van der Waals surface area contributed by atoms with E-state index in [1.807, 2.05) is 30.3 Å². The van der Waals surface area contributed by atoms with E-state index >= 15 is 0 Å². The van der Waals surface area contributed by atoms with Crippen molar-refractivity contribution in [3.05, 3.63) is 96.7 Å². The molecule has 4 aromatic carbocycles. The first-order chi connectivity index (χ1) is 17.6. The van der Waals surface area contributed by atoms with Crippen LogP contribution in [-0.2, 0) is 6.18 Å². The van der Waals surface area contributed by atoms with Gasteiger partial charge in [-0.15, -0.1) is 0 Å². The number of benzene rings is 4. The van der Waals surface area contributed by atoms with Crippen LogP contribution < -0.4 is 5.19 Å². The van der Waals surface area contributed by atoms with E-state index in [1.54, 1.807) is 24.3 Å². The standard InChI is InChI=1S/C31H24F3NOSi/c1-37(2,3)22-14-12-19(13-15-22)25-17-21(16-20-8-4-5-9-23(20)25)29-30-28(26(18-35-29)31(32,33)34)24-10-6-7-11-27(24)36-30/h4-18H,1-3H3. The van der Waals surface area contributed by atoms with Crippen LogP contribution in [0, 0.1) is 0 Å². The molecule has 2 nitrogen and oxygen atoms in total. The number of pyridine rings is 1. The number of furan rings is 1. The Labute approximate surface area is 213 Å². The van der Waals surface area contributed by atoms with Gasteiger partial charge in [-0.25, -0.2) is 0 Å². The number of nitrogens with zero attached hydrogens (tertiary/aromatic N) is 1. The first kappa shape index (κ1) is 23.5. The minimum absolute atomic E-state index is 0.0438. The first-order valence-corrected chi connectivity index (χ1v) is 15.6. The summed E-state index contributed by atoms with van der Waals surface area (Å²) in [6, 6.07) is 27.5. The van der Waals surface area contributed by atoms with E-state index in [9.17, 15) is 13.2 Å². The molecule has 6 rings (SSSR count). The third-order valence-electron chi connectivity index (χ3n) is 6.91. The molecule has 184 valence electrons. The minimum Gasteiger partial charge on any atom is -0.454 e. The van der Waals surface area contributed by atoms with Crippen molar-refractivity contribution in [2.24, 2.45) is 0 Å². The third-order valence-corrected chi connectivity index (χ3v) is 8.97. The Balaban J connectivity index is 1.63. The SMILES string of the molecule is C[Si](C)(C)c1ccc(-c2cc(-c3ncc(C(F)(F)F)c4c3oc3ccccc34)cc3ccccc23)cc1. The zero-order valence-corrected chi connectivity index (χ0v) is 21.6. The highest BCUT2D eigenvalue weighted by Gasteiger charge is 2.36. The van der Waals surface area contributed by atoms with Crippen LogP contribution in [0.15, 0.2) is 95.5 Å². The maximum Gasteiger partial charge on any atom is 0.418 e. The van der Waals surface area contributed by atoms with Gasteiger partial charge in [0, 0.05) is 22.5 Å². The minimum atomic E-state index is -4.55. The number of fused-ring (bicyclic) bond motifs is 4. The summed E-state index contributed by atoms with van der Waals surface area (Å²) in [7, 11) is -1.46. The van der Waals surface area contributed by atoms with Crippen LogP contribution in [0.1, 0.15) is 5.56 Å². The van der Waals surface area contributed by atoms with Gasteiger partial charge in [0.2, 0.25) is 0 Å². The molecule has 0 atom stereocenters. The Hall–Kier alpha value is -3.90. The van der Waals surface area contributed by atoms with Crippen molar-refractivity contribution in [3.8, 4) is 22.4 Å². The fourth-order valence-corrected chi connectivity index (χ4v) is 6.16. The van der Waals surface area contributed by atoms with Gasteiger partial charge in [-0.05, 0) is 40.1 Å². The van der Waals surface area contributed by atoms with E-state index in [-0.39, 0.29) is 11.0 Å². The second-order valence-electron chi connectivity index (χ2n) is 10.4. The second-order valence-corrected chi connectivity index (χ2v) is 15.5. The van der Waals surface area contributed by atoms with Crippen LogP contribution in [0.3, 0.4) is 0 Å². The summed E-state index contributed by atoms with van der Waals surface area (Å²) in [5, 5.41) is 3.89. The molecule has 0 radical (unpaired) electrons. The van der Waals surface area contributed by atoms with E-state index in [1.165, 1.54) is 5.19 Å². The highest BCUT2D eigenvalue weighted by molar-refractivity contribution is 6.88. The van der Waals surface area contributed by atoms with Gasteiger partial charge in [-0.1, -0.05) is 91.6 Å². The van der Waals surface area contributed by atoms with Gasteiger partial charge in [-0.2, -0.15) is 13.2 Å². The molecular formula is C31H24F3NOSi. The number of hydrogen-bond acceptors (Lipinski definition) is 2. The van der Waals surface area contributed by atoms with Crippen molar-refractivity contribution in [1.82, 2.24) is 4.98 Å². The quantitative estimate of drug-likeness (QED) is 0.222. The first-order valence-electron chi connectivity index (χ1n) is 12.1. The molecule has 37 heavy (non-hydrogen) atoms. The molecule has 0 fully saturated rings. The Bertz CT molecular complexity index is 1790. The van der Waals surface area contributed by atoms with Crippen molar-refractivity contribution >= 4 is 46.0 Å². The van der Waals surface area contributed by atoms with Gasteiger partial charge >= 0.3 is 6.18 Å². The van der Waals surface area contributed by atoms with E-state index in [2.05, 4.69) is 55.0 Å². The molecule has 0 amide bonds. The van der Waals surface area contributed by atoms with Crippen LogP contribution in [-0.4, -0.2) is 13.1 Å². The predicted molar refractivity (Wildman–Crippen MR) is 148 cm³/mol. The van der Waals surface area contributed by atoms with E-state index < -0.39 is 19.8 Å². The smallest absolute Gasteiger partial charge is 0.418 e. The Morgan fingerprint density at radius 1 is 0.757 bits per heavy atom. The van der Waals surface area contributed by atoms with Crippen molar-refractivity contribution in [1.29, 1.82) is 0 Å². The normalized spacial score (nSPS) is 12.6. The number of halogens is 3. The average Bonchev–Trinajstić information content (AvgIpc) is 3.26. The summed E-state index contributed by atoms with van der Waals surface area (Å²) in [4.78, 5) is 4.32. The lowest BCUT2D eigenvalue weighted by Crippen LogP contribution is -2.37. The van der Waals surface area contributed by atoms with Gasteiger partial charge in [0.05, 0.1) is 13.6 Å². The molecule has 6 aromatic rings. The maximum atomic E-state index is 14.0. The van der Waals surface area contributed by atoms with Crippen molar-refractivity contribution in [2.45, 2.75) is 25.8 Å². The largest absolute Gasteiger partial charge is 0.454 e. The Kier molecular flexibility index (Phi) is 5.28. The Morgan fingerprint density at radius 2 is 1.43 bits per heavy atom. The molecule has 0 saturated heterocycles. The summed E-state index contributed by atoms with van der Waals surface area (Å²) in [5.41, 5.74) is 2.91. The molecule has 0 saturated carbocycles. The molecule has 2 aromatic heterocycles. The fraction of sp³-hybridized carbons (Fsp3) is 0.129. The molecule has 0 aliphatic carbocycles. The summed E-state index contributed by atoms with van der Waals surface area (Å²) in [5.74, 6) is 0. The van der Waals surface area contributed by atoms with Crippen LogP contribution >= 0.6 is 0 Å². The number of para-hydroxylation sites is 1. The lowest BCUT2D eigenvalue weighted by molar-refractivity contribution is -0.136. The molecule has 0 aliphatic rings. The van der Waals surface area contributed by atoms with Crippen molar-refractivity contribution in [2.75, 3.05) is 0 Å². The van der Waals surface area contributed by atoms with Gasteiger partial charge < -0.3 is 4.42 Å². The zero-order chi connectivity index (χ0) is 25.9. The van der Waals surface area contributed by atoms with Gasteiger partial charge in [0.15, 0.2) is 5.58 Å². The van der Waals surface area contributed by atoms with E-state index in [4.69, 9.17) is 4.42 Å². The predicted octanol–water partition coefficient (Wildman–Crippen LogP) is 9.03. The fourth-order valence-electron chi connectivity index (χ4n) is 4.99. The molecule has 6 heteroatoms. The van der Waals surface area contributed by atoms with Crippen LogP contribution in [0.5, 0.6) is 0 Å². The molecule has 0 N–H and O–H groups in total. The number of hydrogen-bond donors (Lipinski definition) is 0. The lowest BCUT2D eigenvalue weighted by atomic mass is 9.94. The maximum absolute atomic E-state index is 14.0. The van der Waals surface area contributed by atoms with Crippen molar-refractivity contribution < 1.29 is 17.6 Å². The summed E-state index contributed by atoms with van der Waals surface area (Å²) in [6.45, 7) is 6.94. The lowest BCUT2D eigenvalue weighted by Gasteiger charge is -2.17. The second kappa shape index (κ2) is 8.31. The molecule has 2 heterocycles. The van der Waals surface area contributed by atoms with Crippen LogP contribution in [0.4, 0.5) is 13.2 Å². The van der Waals surface area contributed by atoms with Gasteiger partial charge in [0.25, 0.3) is 0 Å². The molecule has 0 spiro atoms.